The molecule has 1 saturated carbocycles. The minimum absolute atomic E-state index is 0.0450. The van der Waals surface area contributed by atoms with E-state index in [1.54, 1.807) is 7.11 Å². The third kappa shape index (κ3) is 4.48. The van der Waals surface area contributed by atoms with Crippen molar-refractivity contribution >= 4 is 5.91 Å². The minimum Gasteiger partial charge on any atom is -0.497 e. The van der Waals surface area contributed by atoms with Gasteiger partial charge in [-0.25, -0.2) is 0 Å². The van der Waals surface area contributed by atoms with Gasteiger partial charge in [0, 0.05) is 17.2 Å². The average Bonchev–Trinajstić information content (AvgIpc) is 3.52. The number of nitrogens with zero attached hydrogens (tertiary/aromatic N) is 2. The van der Waals surface area contributed by atoms with E-state index in [1.165, 1.54) is 6.42 Å². The van der Waals surface area contributed by atoms with Crippen molar-refractivity contribution in [3.05, 3.63) is 101 Å². The molecule has 0 saturated heterocycles. The van der Waals surface area contributed by atoms with Crippen molar-refractivity contribution in [1.29, 1.82) is 0 Å². The van der Waals surface area contributed by atoms with Crippen LogP contribution in [0.4, 0.5) is 0 Å². The molecule has 1 aliphatic carbocycles. The highest BCUT2D eigenvalue weighted by Crippen LogP contribution is 2.46. The molecule has 2 heterocycles. The monoisotopic (exact) mass is 493 g/mol. The zero-order valence-corrected chi connectivity index (χ0v) is 21.0. The highest BCUT2D eigenvalue weighted by Gasteiger charge is 2.45. The Hall–Kier alpha value is -4.06. The molecule has 188 valence electrons. The molecule has 1 atom stereocenters. The third-order valence-electron chi connectivity index (χ3n) is 7.58. The second kappa shape index (κ2) is 10.1. The van der Waals surface area contributed by atoms with Gasteiger partial charge in [-0.2, -0.15) is 5.10 Å². The number of fused-ring (bicyclic) bond motifs is 1. The molecule has 0 radical (unpaired) electrons. The molecule has 1 N–H and O–H groups in total. The first kappa shape index (κ1) is 23.3. The second-order valence-corrected chi connectivity index (χ2v) is 9.84. The first-order chi connectivity index (χ1) is 18.2. The molecule has 6 heteroatoms. The van der Waals surface area contributed by atoms with Crippen molar-refractivity contribution in [1.82, 2.24) is 15.1 Å². The zero-order valence-electron chi connectivity index (χ0n) is 21.0. The number of amides is 1. The standard InChI is InChI=1S/C31H31N3O3/c1-36-25-16-12-22(13-17-25)28-27-29(33-32-28)31(35)34(24-10-6-3-7-11-24)30(27)23-14-18-26(19-15-23)37-20-21-8-4-2-5-9-21/h2,4-5,8-9,12-19,24,30H,3,6-7,10-11,20H2,1H3,(H,32,33). The lowest BCUT2D eigenvalue weighted by molar-refractivity contribution is 0.0606. The van der Waals surface area contributed by atoms with E-state index in [1.807, 2.05) is 54.6 Å². The van der Waals surface area contributed by atoms with E-state index in [9.17, 15) is 4.79 Å². The lowest BCUT2D eigenvalue weighted by Crippen LogP contribution is -2.40. The van der Waals surface area contributed by atoms with E-state index in [0.717, 1.165) is 65.1 Å². The van der Waals surface area contributed by atoms with Gasteiger partial charge in [0.05, 0.1) is 18.8 Å². The van der Waals surface area contributed by atoms with E-state index in [-0.39, 0.29) is 18.0 Å². The Bertz CT molecular complexity index is 1360. The van der Waals surface area contributed by atoms with Gasteiger partial charge in [0.2, 0.25) is 0 Å². The van der Waals surface area contributed by atoms with Crippen molar-refractivity contribution in [3.8, 4) is 22.8 Å². The average molecular weight is 494 g/mol. The number of hydrogen-bond donors (Lipinski definition) is 1. The SMILES string of the molecule is COc1ccc(-c2n[nH]c3c2C(c2ccc(OCc4ccccc4)cc2)N(C2CCCCC2)C3=O)cc1. The first-order valence-corrected chi connectivity index (χ1v) is 13.0. The summed E-state index contributed by atoms with van der Waals surface area (Å²) in [6.45, 7) is 0.518. The van der Waals surface area contributed by atoms with Crippen LogP contribution in [0.5, 0.6) is 11.5 Å². The summed E-state index contributed by atoms with van der Waals surface area (Å²) in [5.74, 6) is 1.64. The zero-order chi connectivity index (χ0) is 25.2. The predicted molar refractivity (Wildman–Crippen MR) is 143 cm³/mol. The molecule has 0 bridgehead atoms. The Balaban J connectivity index is 1.35. The van der Waals surface area contributed by atoms with Gasteiger partial charge in [-0.05, 0) is 60.4 Å². The highest BCUT2D eigenvalue weighted by atomic mass is 16.5. The normalized spacial score (nSPS) is 17.6. The van der Waals surface area contributed by atoms with Crippen LogP contribution in [0, 0.1) is 0 Å². The van der Waals surface area contributed by atoms with Gasteiger partial charge in [-0.3, -0.25) is 9.89 Å². The maximum atomic E-state index is 13.8. The predicted octanol–water partition coefficient (Wildman–Crippen LogP) is 6.54. The van der Waals surface area contributed by atoms with Gasteiger partial charge < -0.3 is 14.4 Å². The lowest BCUT2D eigenvalue weighted by atomic mass is 9.91. The summed E-state index contributed by atoms with van der Waals surface area (Å²) in [5, 5.41) is 7.70. The van der Waals surface area contributed by atoms with Gasteiger partial charge in [0.15, 0.2) is 0 Å². The Morgan fingerprint density at radius 3 is 2.30 bits per heavy atom. The fraction of sp³-hybridized carbons (Fsp3) is 0.290. The molecule has 1 unspecified atom stereocenters. The van der Waals surface area contributed by atoms with Crippen LogP contribution in [0.1, 0.15) is 65.3 Å². The summed E-state index contributed by atoms with van der Waals surface area (Å²) in [5.41, 5.74) is 5.54. The van der Waals surface area contributed by atoms with E-state index in [2.05, 4.69) is 39.4 Å². The number of hydrogen-bond acceptors (Lipinski definition) is 4. The molecule has 6 rings (SSSR count). The largest absolute Gasteiger partial charge is 0.497 e. The van der Waals surface area contributed by atoms with E-state index >= 15 is 0 Å². The summed E-state index contributed by atoms with van der Waals surface area (Å²) in [6, 6.07) is 26.2. The number of benzene rings is 3. The molecular formula is C31H31N3O3. The third-order valence-corrected chi connectivity index (χ3v) is 7.58. The van der Waals surface area contributed by atoms with Gasteiger partial charge in [-0.1, -0.05) is 61.7 Å². The molecule has 0 spiro atoms. The Kier molecular flexibility index (Phi) is 6.39. The number of aromatic nitrogens is 2. The fourth-order valence-electron chi connectivity index (χ4n) is 5.68. The molecular weight excluding hydrogens is 462 g/mol. The summed E-state index contributed by atoms with van der Waals surface area (Å²) in [7, 11) is 1.66. The van der Waals surface area contributed by atoms with Crippen LogP contribution in [0.3, 0.4) is 0 Å². The molecule has 1 fully saturated rings. The maximum absolute atomic E-state index is 13.8. The number of aromatic amines is 1. The quantitative estimate of drug-likeness (QED) is 0.317. The molecule has 3 aromatic carbocycles. The number of methoxy groups -OCH3 is 1. The molecule has 6 nitrogen and oxygen atoms in total. The molecule has 2 aliphatic rings. The van der Waals surface area contributed by atoms with E-state index in [0.29, 0.717) is 12.3 Å². The number of carbonyl (C=O) groups is 1. The van der Waals surface area contributed by atoms with Crippen molar-refractivity contribution in [2.75, 3.05) is 7.11 Å². The van der Waals surface area contributed by atoms with Gasteiger partial charge >= 0.3 is 0 Å². The van der Waals surface area contributed by atoms with Gasteiger partial charge in [0.25, 0.3) is 5.91 Å². The summed E-state index contributed by atoms with van der Waals surface area (Å²) < 4.78 is 11.4. The van der Waals surface area contributed by atoms with Crippen LogP contribution in [0.25, 0.3) is 11.3 Å². The van der Waals surface area contributed by atoms with Crippen LogP contribution in [-0.4, -0.2) is 34.2 Å². The number of H-pyrrole nitrogens is 1. The highest BCUT2D eigenvalue weighted by molar-refractivity contribution is 6.00. The van der Waals surface area contributed by atoms with Crippen LogP contribution >= 0.6 is 0 Å². The van der Waals surface area contributed by atoms with Gasteiger partial charge in [-0.15, -0.1) is 0 Å². The van der Waals surface area contributed by atoms with E-state index in [4.69, 9.17) is 9.47 Å². The van der Waals surface area contributed by atoms with Crippen molar-refractivity contribution in [2.45, 2.75) is 50.8 Å². The lowest BCUT2D eigenvalue weighted by Gasteiger charge is -2.36. The van der Waals surface area contributed by atoms with Crippen LogP contribution in [-0.2, 0) is 6.61 Å². The van der Waals surface area contributed by atoms with Crippen LogP contribution in [0.15, 0.2) is 78.9 Å². The van der Waals surface area contributed by atoms with Crippen molar-refractivity contribution < 1.29 is 14.3 Å². The summed E-state index contributed by atoms with van der Waals surface area (Å²) in [4.78, 5) is 15.9. The molecule has 4 aromatic rings. The molecule has 1 amide bonds. The summed E-state index contributed by atoms with van der Waals surface area (Å²) >= 11 is 0. The number of carbonyl (C=O) groups excluding carboxylic acids is 1. The Morgan fingerprint density at radius 2 is 1.59 bits per heavy atom. The number of nitrogens with one attached hydrogen (secondary N) is 1. The number of ether oxygens (including phenoxy) is 2. The maximum Gasteiger partial charge on any atom is 0.273 e. The Labute approximate surface area is 217 Å². The minimum atomic E-state index is -0.190. The fourth-order valence-corrected chi connectivity index (χ4v) is 5.68. The topological polar surface area (TPSA) is 67.5 Å². The van der Waals surface area contributed by atoms with Crippen LogP contribution < -0.4 is 9.47 Å². The van der Waals surface area contributed by atoms with Gasteiger partial charge in [0.1, 0.15) is 23.8 Å². The molecule has 37 heavy (non-hydrogen) atoms. The van der Waals surface area contributed by atoms with Crippen molar-refractivity contribution in [3.63, 3.8) is 0 Å². The molecule has 1 aliphatic heterocycles. The second-order valence-electron chi connectivity index (χ2n) is 9.84. The smallest absolute Gasteiger partial charge is 0.273 e. The first-order valence-electron chi connectivity index (χ1n) is 13.0. The van der Waals surface area contributed by atoms with E-state index < -0.39 is 0 Å². The van der Waals surface area contributed by atoms with Crippen LogP contribution in [0.2, 0.25) is 0 Å². The summed E-state index contributed by atoms with van der Waals surface area (Å²) in [6.07, 6.45) is 5.63. The number of rotatable bonds is 7. The Morgan fingerprint density at radius 1 is 0.892 bits per heavy atom. The van der Waals surface area contributed by atoms with Crippen molar-refractivity contribution in [2.24, 2.45) is 0 Å². The molecule has 1 aromatic heterocycles.